The van der Waals surface area contributed by atoms with Crippen LogP contribution in [0.3, 0.4) is 0 Å². The molecule has 0 radical (unpaired) electrons. The van der Waals surface area contributed by atoms with Gasteiger partial charge in [-0.2, -0.15) is 0 Å². The molecule has 0 aliphatic heterocycles. The van der Waals surface area contributed by atoms with Crippen molar-refractivity contribution in [3.8, 4) is 11.1 Å². The maximum absolute atomic E-state index is 14.3. The van der Waals surface area contributed by atoms with Crippen molar-refractivity contribution in [2.75, 3.05) is 5.32 Å². The number of amides is 1. The minimum absolute atomic E-state index is 0.00690. The van der Waals surface area contributed by atoms with Gasteiger partial charge in [-0.25, -0.2) is 8.78 Å². The number of fused-ring (bicyclic) bond motifs is 3. The Morgan fingerprint density at radius 2 is 1.89 bits per heavy atom. The molecule has 0 aromatic heterocycles. The van der Waals surface area contributed by atoms with Gasteiger partial charge >= 0.3 is 0 Å². The monoisotopic (exact) mass is 259 g/mol. The van der Waals surface area contributed by atoms with Gasteiger partial charge in [0.2, 0.25) is 5.91 Å². The Hall–Kier alpha value is -2.23. The predicted octanol–water partition coefficient (Wildman–Crippen LogP) is 3.82. The van der Waals surface area contributed by atoms with Crippen LogP contribution in [-0.2, 0) is 4.79 Å². The molecule has 1 aliphatic rings. The summed E-state index contributed by atoms with van der Waals surface area (Å²) in [4.78, 5) is 11.0. The third-order valence-corrected chi connectivity index (χ3v) is 3.27. The zero-order valence-electron chi connectivity index (χ0n) is 10.2. The highest BCUT2D eigenvalue weighted by Gasteiger charge is 2.32. The summed E-state index contributed by atoms with van der Waals surface area (Å²) < 4.78 is 28.6. The van der Waals surface area contributed by atoms with Crippen molar-refractivity contribution >= 4 is 11.6 Å². The third-order valence-electron chi connectivity index (χ3n) is 3.27. The van der Waals surface area contributed by atoms with Crippen LogP contribution in [0.2, 0.25) is 0 Å². The second-order valence-electron chi connectivity index (χ2n) is 4.52. The summed E-state index contributed by atoms with van der Waals surface area (Å²) in [5.74, 6) is -1.08. The van der Waals surface area contributed by atoms with Crippen molar-refractivity contribution in [1.29, 1.82) is 0 Å². The highest BCUT2D eigenvalue weighted by Crippen LogP contribution is 2.47. The van der Waals surface area contributed by atoms with Crippen molar-refractivity contribution in [2.45, 2.75) is 13.1 Å². The van der Waals surface area contributed by atoms with Crippen LogP contribution in [0.15, 0.2) is 36.4 Å². The topological polar surface area (TPSA) is 29.1 Å². The van der Waals surface area contributed by atoms with Gasteiger partial charge in [-0.1, -0.05) is 30.3 Å². The maximum atomic E-state index is 14.3. The molecule has 0 saturated heterocycles. The third kappa shape index (κ3) is 1.71. The van der Waals surface area contributed by atoms with Crippen LogP contribution < -0.4 is 5.32 Å². The van der Waals surface area contributed by atoms with Gasteiger partial charge in [-0.3, -0.25) is 4.79 Å². The van der Waals surface area contributed by atoms with Crippen LogP contribution in [0, 0.1) is 5.82 Å². The number of rotatable bonds is 1. The summed E-state index contributed by atoms with van der Waals surface area (Å²) in [7, 11) is 0. The summed E-state index contributed by atoms with van der Waals surface area (Å²) in [6, 6.07) is 10.0. The van der Waals surface area contributed by atoms with Crippen molar-refractivity contribution in [1.82, 2.24) is 0 Å². The smallest absolute Gasteiger partial charge is 0.221 e. The molecule has 1 unspecified atom stereocenters. The van der Waals surface area contributed by atoms with Crippen LogP contribution in [0.25, 0.3) is 11.1 Å². The Morgan fingerprint density at radius 3 is 2.63 bits per heavy atom. The Morgan fingerprint density at radius 1 is 1.16 bits per heavy atom. The lowest BCUT2D eigenvalue weighted by Gasteiger charge is -2.09. The Balaban J connectivity index is 2.19. The molecular weight excluding hydrogens is 248 g/mol. The molecule has 0 spiro atoms. The minimum Gasteiger partial charge on any atom is -0.324 e. The van der Waals surface area contributed by atoms with E-state index in [0.29, 0.717) is 16.7 Å². The van der Waals surface area contributed by atoms with Crippen molar-refractivity contribution in [3.05, 3.63) is 53.3 Å². The lowest BCUT2D eigenvalue weighted by atomic mass is 10.0. The molecule has 3 rings (SSSR count). The molecule has 0 saturated carbocycles. The predicted molar refractivity (Wildman–Crippen MR) is 69.1 cm³/mol. The average Bonchev–Trinajstić information content (AvgIpc) is 2.67. The normalized spacial score (nSPS) is 15.8. The number of alkyl halides is 1. The van der Waals surface area contributed by atoms with E-state index in [1.807, 2.05) is 0 Å². The molecule has 1 N–H and O–H groups in total. The first kappa shape index (κ1) is 11.8. The Bertz CT molecular complexity index is 682. The summed E-state index contributed by atoms with van der Waals surface area (Å²) in [6.45, 7) is 1.29. The van der Waals surface area contributed by atoms with E-state index in [1.54, 1.807) is 30.3 Å². The van der Waals surface area contributed by atoms with E-state index in [1.165, 1.54) is 13.0 Å². The lowest BCUT2D eigenvalue weighted by molar-refractivity contribution is -0.114. The number of carbonyl (C=O) groups is 1. The van der Waals surface area contributed by atoms with Crippen LogP contribution in [0.4, 0.5) is 14.5 Å². The van der Waals surface area contributed by atoms with Crippen molar-refractivity contribution < 1.29 is 13.6 Å². The maximum Gasteiger partial charge on any atom is 0.221 e. The Kier molecular flexibility index (Phi) is 2.59. The fourth-order valence-electron chi connectivity index (χ4n) is 2.48. The summed E-state index contributed by atoms with van der Waals surface area (Å²) in [6.07, 6.45) is -1.49. The molecule has 0 fully saturated rings. The fourth-order valence-corrected chi connectivity index (χ4v) is 2.48. The highest BCUT2D eigenvalue weighted by atomic mass is 19.1. The first-order valence-electron chi connectivity index (χ1n) is 5.93. The van der Waals surface area contributed by atoms with E-state index in [2.05, 4.69) is 5.32 Å². The van der Waals surface area contributed by atoms with Gasteiger partial charge in [0.05, 0.1) is 5.69 Å². The SMILES string of the molecule is CC(=O)Nc1ccc2c(c1F)C(F)c1ccccc1-2. The van der Waals surface area contributed by atoms with E-state index in [4.69, 9.17) is 0 Å². The lowest BCUT2D eigenvalue weighted by Crippen LogP contribution is -2.09. The van der Waals surface area contributed by atoms with Crippen LogP contribution in [-0.4, -0.2) is 5.91 Å². The van der Waals surface area contributed by atoms with E-state index in [9.17, 15) is 13.6 Å². The second kappa shape index (κ2) is 4.16. The van der Waals surface area contributed by atoms with Crippen LogP contribution in [0.5, 0.6) is 0 Å². The standard InChI is InChI=1S/C15H11F2NO/c1-8(19)18-12-7-6-10-9-4-2-3-5-11(9)14(16)13(10)15(12)17/h2-7,14H,1H3,(H,18,19). The first-order valence-corrected chi connectivity index (χ1v) is 5.93. The molecular formula is C15H11F2NO. The molecule has 19 heavy (non-hydrogen) atoms. The second-order valence-corrected chi connectivity index (χ2v) is 4.52. The molecule has 2 aromatic rings. The summed E-state index contributed by atoms with van der Waals surface area (Å²) in [5.41, 5.74) is 1.75. The number of nitrogens with one attached hydrogen (secondary N) is 1. The van der Waals surface area contributed by atoms with Crippen LogP contribution in [0.1, 0.15) is 24.2 Å². The van der Waals surface area contributed by atoms with E-state index >= 15 is 0 Å². The molecule has 2 aromatic carbocycles. The van der Waals surface area contributed by atoms with E-state index in [-0.39, 0.29) is 17.2 Å². The van der Waals surface area contributed by atoms with Crippen molar-refractivity contribution in [2.24, 2.45) is 0 Å². The van der Waals surface area contributed by atoms with Gasteiger partial charge in [-0.15, -0.1) is 0 Å². The van der Waals surface area contributed by atoms with Gasteiger partial charge in [-0.05, 0) is 22.8 Å². The largest absolute Gasteiger partial charge is 0.324 e. The highest BCUT2D eigenvalue weighted by molar-refractivity contribution is 5.90. The zero-order chi connectivity index (χ0) is 13.6. The van der Waals surface area contributed by atoms with Gasteiger partial charge in [0.15, 0.2) is 12.0 Å². The number of benzene rings is 2. The van der Waals surface area contributed by atoms with E-state index in [0.717, 1.165) is 0 Å². The van der Waals surface area contributed by atoms with Crippen LogP contribution >= 0.6 is 0 Å². The number of hydrogen-bond donors (Lipinski definition) is 1. The molecule has 1 atom stereocenters. The Labute approximate surface area is 109 Å². The summed E-state index contributed by atoms with van der Waals surface area (Å²) >= 11 is 0. The molecule has 1 amide bonds. The molecule has 0 heterocycles. The first-order chi connectivity index (χ1) is 9.09. The summed E-state index contributed by atoms with van der Waals surface area (Å²) in [5, 5.41) is 2.37. The van der Waals surface area contributed by atoms with Gasteiger partial charge in [0.1, 0.15) is 0 Å². The molecule has 96 valence electrons. The van der Waals surface area contributed by atoms with E-state index < -0.39 is 12.0 Å². The van der Waals surface area contributed by atoms with Gasteiger partial charge < -0.3 is 5.32 Å². The quantitative estimate of drug-likeness (QED) is 0.828. The molecule has 1 aliphatic carbocycles. The van der Waals surface area contributed by atoms with Crippen molar-refractivity contribution in [3.63, 3.8) is 0 Å². The van der Waals surface area contributed by atoms with Gasteiger partial charge in [0.25, 0.3) is 0 Å². The molecule has 2 nitrogen and oxygen atoms in total. The molecule has 4 heteroatoms. The number of hydrogen-bond acceptors (Lipinski definition) is 1. The average molecular weight is 259 g/mol. The zero-order valence-corrected chi connectivity index (χ0v) is 10.2. The number of carbonyl (C=O) groups excluding carboxylic acids is 1. The van der Waals surface area contributed by atoms with Gasteiger partial charge in [0, 0.05) is 12.5 Å². The number of halogens is 2. The fraction of sp³-hybridized carbons (Fsp3) is 0.133. The number of anilines is 1. The molecule has 0 bridgehead atoms. The minimum atomic E-state index is -1.49.